The van der Waals surface area contributed by atoms with E-state index in [9.17, 15) is 4.79 Å². The molecule has 1 saturated heterocycles. The highest BCUT2D eigenvalue weighted by atomic mass is 16.5. The number of furan rings is 1. The fraction of sp³-hybridized carbons (Fsp3) is 0.562. The average molecular weight is 303 g/mol. The smallest absolute Gasteiger partial charge is 0.290 e. The van der Waals surface area contributed by atoms with E-state index in [0.29, 0.717) is 29.9 Å². The molecule has 1 aliphatic heterocycles. The van der Waals surface area contributed by atoms with Crippen LogP contribution in [0.15, 0.2) is 27.3 Å². The van der Waals surface area contributed by atoms with Crippen molar-refractivity contribution in [1.82, 2.24) is 15.0 Å². The number of nitrogens with zero attached hydrogens (tertiary/aromatic N) is 3. The average Bonchev–Trinajstić information content (AvgIpc) is 3.17. The highest BCUT2D eigenvalue weighted by molar-refractivity contribution is 5.91. The van der Waals surface area contributed by atoms with Gasteiger partial charge in [0.1, 0.15) is 6.04 Å². The fourth-order valence-electron chi connectivity index (χ4n) is 2.82. The van der Waals surface area contributed by atoms with Gasteiger partial charge in [0, 0.05) is 13.0 Å². The summed E-state index contributed by atoms with van der Waals surface area (Å²) in [6, 6.07) is 3.26. The fourth-order valence-corrected chi connectivity index (χ4v) is 2.82. The van der Waals surface area contributed by atoms with Crippen LogP contribution in [0.2, 0.25) is 0 Å². The van der Waals surface area contributed by atoms with Crippen LogP contribution in [-0.4, -0.2) is 27.5 Å². The third-order valence-electron chi connectivity index (χ3n) is 3.86. The summed E-state index contributed by atoms with van der Waals surface area (Å²) in [6.07, 6.45) is 5.17. The molecular weight excluding hydrogens is 282 g/mol. The number of piperidine rings is 1. The predicted molar refractivity (Wildman–Crippen MR) is 79.2 cm³/mol. The summed E-state index contributed by atoms with van der Waals surface area (Å²) < 4.78 is 10.6. The summed E-state index contributed by atoms with van der Waals surface area (Å²) >= 11 is 0. The Kier molecular flexibility index (Phi) is 4.27. The minimum atomic E-state index is -0.153. The van der Waals surface area contributed by atoms with E-state index in [0.717, 1.165) is 25.7 Å². The molecule has 1 fully saturated rings. The van der Waals surface area contributed by atoms with Crippen LogP contribution in [0.1, 0.15) is 61.4 Å². The monoisotopic (exact) mass is 303 g/mol. The number of rotatable bonds is 4. The molecule has 0 aromatic carbocycles. The first-order chi connectivity index (χ1) is 10.6. The highest BCUT2D eigenvalue weighted by Gasteiger charge is 2.33. The van der Waals surface area contributed by atoms with Crippen molar-refractivity contribution in [2.24, 2.45) is 5.92 Å². The first-order valence-electron chi connectivity index (χ1n) is 7.82. The number of hydrogen-bond acceptors (Lipinski definition) is 5. The van der Waals surface area contributed by atoms with E-state index in [4.69, 9.17) is 8.94 Å². The Morgan fingerprint density at radius 3 is 3.05 bits per heavy atom. The third-order valence-corrected chi connectivity index (χ3v) is 3.86. The van der Waals surface area contributed by atoms with Gasteiger partial charge in [-0.1, -0.05) is 19.0 Å². The minimum Gasteiger partial charge on any atom is -0.459 e. The van der Waals surface area contributed by atoms with Gasteiger partial charge in [0.25, 0.3) is 5.91 Å². The van der Waals surface area contributed by atoms with E-state index < -0.39 is 0 Å². The number of likely N-dealkylation sites (tertiary alicyclic amines) is 1. The van der Waals surface area contributed by atoms with Crippen LogP contribution in [0.5, 0.6) is 0 Å². The summed E-state index contributed by atoms with van der Waals surface area (Å²) in [5.74, 6) is 1.96. The summed E-state index contributed by atoms with van der Waals surface area (Å²) in [5.41, 5.74) is 0. The maximum absolute atomic E-state index is 12.6. The van der Waals surface area contributed by atoms with E-state index in [1.165, 1.54) is 6.26 Å². The van der Waals surface area contributed by atoms with Crippen LogP contribution in [-0.2, 0) is 6.42 Å². The zero-order valence-electron chi connectivity index (χ0n) is 13.0. The van der Waals surface area contributed by atoms with Crippen molar-refractivity contribution >= 4 is 5.91 Å². The van der Waals surface area contributed by atoms with Gasteiger partial charge in [0.15, 0.2) is 11.6 Å². The SMILES string of the molecule is CC(C)Cc1noc(C2CCCCN2C(=O)c2ccco2)n1. The standard InChI is InChI=1S/C16H21N3O3/c1-11(2)10-14-17-15(22-18-14)12-6-3-4-8-19(12)16(20)13-7-5-9-21-13/h5,7,9,11-12H,3-4,6,8,10H2,1-2H3. The van der Waals surface area contributed by atoms with Crippen molar-refractivity contribution in [2.45, 2.75) is 45.6 Å². The second kappa shape index (κ2) is 6.34. The maximum atomic E-state index is 12.6. The van der Waals surface area contributed by atoms with Crippen LogP contribution >= 0.6 is 0 Å². The van der Waals surface area contributed by atoms with Gasteiger partial charge in [-0.2, -0.15) is 4.98 Å². The van der Waals surface area contributed by atoms with Crippen LogP contribution in [0, 0.1) is 5.92 Å². The third kappa shape index (κ3) is 3.05. The summed E-state index contributed by atoms with van der Waals surface area (Å²) in [7, 11) is 0. The van der Waals surface area contributed by atoms with E-state index in [-0.39, 0.29) is 11.9 Å². The van der Waals surface area contributed by atoms with Crippen molar-refractivity contribution < 1.29 is 13.7 Å². The Morgan fingerprint density at radius 2 is 2.32 bits per heavy atom. The van der Waals surface area contributed by atoms with E-state index in [1.54, 1.807) is 17.0 Å². The number of carbonyl (C=O) groups excluding carboxylic acids is 1. The van der Waals surface area contributed by atoms with Crippen molar-refractivity contribution in [3.05, 3.63) is 35.9 Å². The molecule has 1 atom stereocenters. The summed E-state index contributed by atoms with van der Waals surface area (Å²) in [5, 5.41) is 4.04. The maximum Gasteiger partial charge on any atom is 0.290 e. The Balaban J connectivity index is 1.80. The van der Waals surface area contributed by atoms with Crippen LogP contribution in [0.4, 0.5) is 0 Å². The number of hydrogen-bond donors (Lipinski definition) is 0. The van der Waals surface area contributed by atoms with E-state index in [2.05, 4.69) is 24.0 Å². The molecule has 0 bridgehead atoms. The van der Waals surface area contributed by atoms with Gasteiger partial charge in [-0.3, -0.25) is 4.79 Å². The molecule has 3 rings (SSSR count). The van der Waals surface area contributed by atoms with Crippen LogP contribution in [0.3, 0.4) is 0 Å². The van der Waals surface area contributed by atoms with Crippen LogP contribution in [0.25, 0.3) is 0 Å². The molecule has 1 aliphatic rings. The molecule has 0 spiro atoms. The van der Waals surface area contributed by atoms with Gasteiger partial charge in [0.05, 0.1) is 6.26 Å². The molecule has 6 heteroatoms. The lowest BCUT2D eigenvalue weighted by Gasteiger charge is -2.32. The number of amides is 1. The number of carbonyl (C=O) groups is 1. The Hall–Kier alpha value is -2.11. The highest BCUT2D eigenvalue weighted by Crippen LogP contribution is 2.31. The quantitative estimate of drug-likeness (QED) is 0.867. The molecule has 3 heterocycles. The van der Waals surface area contributed by atoms with Crippen molar-refractivity contribution in [3.63, 3.8) is 0 Å². The molecule has 1 unspecified atom stereocenters. The molecule has 0 N–H and O–H groups in total. The van der Waals surface area contributed by atoms with E-state index in [1.807, 2.05) is 0 Å². The molecule has 2 aromatic heterocycles. The molecule has 0 radical (unpaired) electrons. The largest absolute Gasteiger partial charge is 0.459 e. The zero-order valence-corrected chi connectivity index (χ0v) is 13.0. The molecule has 0 saturated carbocycles. The van der Waals surface area contributed by atoms with Gasteiger partial charge in [-0.25, -0.2) is 0 Å². The molecule has 1 amide bonds. The topological polar surface area (TPSA) is 72.4 Å². The van der Waals surface area contributed by atoms with E-state index >= 15 is 0 Å². The Bertz CT molecular complexity index is 618. The van der Waals surface area contributed by atoms with Crippen molar-refractivity contribution in [1.29, 1.82) is 0 Å². The normalized spacial score (nSPS) is 18.9. The predicted octanol–water partition coefficient (Wildman–Crippen LogP) is 3.23. The molecule has 22 heavy (non-hydrogen) atoms. The van der Waals surface area contributed by atoms with Gasteiger partial charge in [0.2, 0.25) is 5.89 Å². The molecule has 6 nitrogen and oxygen atoms in total. The van der Waals surface area contributed by atoms with Gasteiger partial charge in [-0.05, 0) is 37.3 Å². The molecule has 2 aromatic rings. The molecule has 118 valence electrons. The lowest BCUT2D eigenvalue weighted by molar-refractivity contribution is 0.0529. The Labute approximate surface area is 129 Å². The summed E-state index contributed by atoms with van der Waals surface area (Å²) in [4.78, 5) is 18.8. The lowest BCUT2D eigenvalue weighted by Crippen LogP contribution is -2.38. The second-order valence-electron chi connectivity index (χ2n) is 6.13. The van der Waals surface area contributed by atoms with Crippen molar-refractivity contribution in [3.8, 4) is 0 Å². The first-order valence-corrected chi connectivity index (χ1v) is 7.82. The second-order valence-corrected chi connectivity index (χ2v) is 6.13. The van der Waals surface area contributed by atoms with Gasteiger partial charge in [-0.15, -0.1) is 0 Å². The minimum absolute atomic E-state index is 0.113. The van der Waals surface area contributed by atoms with Gasteiger partial charge < -0.3 is 13.8 Å². The van der Waals surface area contributed by atoms with Crippen molar-refractivity contribution in [2.75, 3.05) is 6.54 Å². The summed E-state index contributed by atoms with van der Waals surface area (Å²) in [6.45, 7) is 4.92. The zero-order chi connectivity index (χ0) is 15.5. The first kappa shape index (κ1) is 14.8. The lowest BCUT2D eigenvalue weighted by atomic mass is 10.0. The Morgan fingerprint density at radius 1 is 1.45 bits per heavy atom. The molecule has 0 aliphatic carbocycles. The molecular formula is C16H21N3O3. The van der Waals surface area contributed by atoms with Gasteiger partial charge >= 0.3 is 0 Å². The number of aromatic nitrogens is 2. The van der Waals surface area contributed by atoms with Crippen LogP contribution < -0.4 is 0 Å².